The van der Waals surface area contributed by atoms with Crippen LogP contribution in [0, 0.1) is 0 Å². The molecule has 0 saturated carbocycles. The van der Waals surface area contributed by atoms with Crippen molar-refractivity contribution in [1.82, 2.24) is 9.80 Å². The summed E-state index contributed by atoms with van der Waals surface area (Å²) in [5.74, 6) is 0.0567. The number of fused-ring (bicyclic) bond motifs is 2. The average molecular weight is 477 g/mol. The molecular formula is C23H29ClN4O3S. The Morgan fingerprint density at radius 1 is 1.03 bits per heavy atom. The second-order valence-electron chi connectivity index (χ2n) is 7.72. The van der Waals surface area contributed by atoms with E-state index in [-0.39, 0.29) is 18.3 Å². The van der Waals surface area contributed by atoms with Gasteiger partial charge in [0.05, 0.1) is 18.0 Å². The van der Waals surface area contributed by atoms with Crippen LogP contribution < -0.4 is 10.2 Å². The summed E-state index contributed by atoms with van der Waals surface area (Å²) in [4.78, 5) is 33.8. The molecule has 2 heterocycles. The molecule has 7 nitrogen and oxygen atoms in total. The van der Waals surface area contributed by atoms with Gasteiger partial charge in [0.15, 0.2) is 0 Å². The molecule has 1 saturated heterocycles. The molecule has 0 bridgehead atoms. The van der Waals surface area contributed by atoms with E-state index in [0.717, 1.165) is 53.9 Å². The van der Waals surface area contributed by atoms with Crippen LogP contribution >= 0.6 is 24.2 Å². The van der Waals surface area contributed by atoms with Crippen LogP contribution in [0.1, 0.15) is 13.3 Å². The molecule has 0 spiro atoms. The van der Waals surface area contributed by atoms with Gasteiger partial charge in [-0.1, -0.05) is 23.9 Å². The third kappa shape index (κ3) is 5.56. The number of hydrogen-bond donors (Lipinski definition) is 1. The number of nitrogens with zero attached hydrogens (tertiary/aromatic N) is 3. The van der Waals surface area contributed by atoms with Gasteiger partial charge < -0.3 is 14.5 Å². The van der Waals surface area contributed by atoms with Crippen LogP contribution in [0.3, 0.4) is 0 Å². The van der Waals surface area contributed by atoms with Crippen molar-refractivity contribution >= 4 is 53.2 Å². The molecule has 32 heavy (non-hydrogen) atoms. The number of ether oxygens (including phenoxy) is 1. The van der Waals surface area contributed by atoms with Crippen molar-refractivity contribution < 1.29 is 14.3 Å². The van der Waals surface area contributed by atoms with E-state index in [1.165, 1.54) is 0 Å². The molecule has 2 amide bonds. The normalized spacial score (nSPS) is 15.9. The minimum atomic E-state index is -0.501. The van der Waals surface area contributed by atoms with Crippen molar-refractivity contribution in [1.29, 1.82) is 0 Å². The highest BCUT2D eigenvalue weighted by Gasteiger charge is 2.29. The molecular weight excluding hydrogens is 448 g/mol. The molecule has 0 radical (unpaired) electrons. The van der Waals surface area contributed by atoms with E-state index >= 15 is 0 Å². The van der Waals surface area contributed by atoms with Crippen LogP contribution in [-0.4, -0.2) is 68.2 Å². The standard InChI is InChI=1S/C23H28N4O3S.ClH/c1-3-30-23(29)24-17-8-9-21-19(16-17)27(18-6-4-5-7-20(18)31-21)22(28)10-11-26-14-12-25(2)13-15-26;/h4-9,16H,3,10-15H2,1-2H3,(H,24,29);1H. The molecule has 172 valence electrons. The van der Waals surface area contributed by atoms with Crippen LogP contribution in [0.25, 0.3) is 0 Å². The molecule has 1 fully saturated rings. The van der Waals surface area contributed by atoms with E-state index < -0.39 is 6.09 Å². The monoisotopic (exact) mass is 476 g/mol. The quantitative estimate of drug-likeness (QED) is 0.688. The molecule has 2 aromatic carbocycles. The number of anilines is 3. The maximum atomic E-state index is 13.4. The third-order valence-electron chi connectivity index (χ3n) is 5.53. The number of rotatable bonds is 5. The van der Waals surface area contributed by atoms with Gasteiger partial charge in [0.25, 0.3) is 0 Å². The third-order valence-corrected chi connectivity index (χ3v) is 6.67. The molecule has 9 heteroatoms. The largest absolute Gasteiger partial charge is 0.450 e. The van der Waals surface area contributed by atoms with Gasteiger partial charge in [0.1, 0.15) is 0 Å². The topological polar surface area (TPSA) is 65.1 Å². The van der Waals surface area contributed by atoms with Crippen LogP contribution in [-0.2, 0) is 9.53 Å². The molecule has 0 unspecified atom stereocenters. The Morgan fingerprint density at radius 2 is 1.75 bits per heavy atom. The fourth-order valence-electron chi connectivity index (χ4n) is 3.82. The summed E-state index contributed by atoms with van der Waals surface area (Å²) in [6.07, 6.45) is -0.0585. The summed E-state index contributed by atoms with van der Waals surface area (Å²) in [6, 6.07) is 13.6. The Kier molecular flexibility index (Phi) is 8.42. The maximum absolute atomic E-state index is 13.4. The van der Waals surface area contributed by atoms with Gasteiger partial charge in [-0.2, -0.15) is 0 Å². The molecule has 2 aliphatic rings. The highest BCUT2D eigenvalue weighted by molar-refractivity contribution is 7.99. The summed E-state index contributed by atoms with van der Waals surface area (Å²) in [5, 5.41) is 2.74. The molecule has 0 aromatic heterocycles. The number of benzene rings is 2. The first-order valence-electron chi connectivity index (χ1n) is 10.6. The number of carbonyl (C=O) groups excluding carboxylic acids is 2. The average Bonchev–Trinajstić information content (AvgIpc) is 2.77. The summed E-state index contributed by atoms with van der Waals surface area (Å²) < 4.78 is 4.99. The van der Waals surface area contributed by atoms with Crippen molar-refractivity contribution in [3.63, 3.8) is 0 Å². The van der Waals surface area contributed by atoms with Crippen LogP contribution in [0.2, 0.25) is 0 Å². The number of halogens is 1. The second-order valence-corrected chi connectivity index (χ2v) is 8.81. The van der Waals surface area contributed by atoms with E-state index in [9.17, 15) is 9.59 Å². The van der Waals surface area contributed by atoms with Crippen LogP contribution in [0.5, 0.6) is 0 Å². The van der Waals surface area contributed by atoms with E-state index in [1.54, 1.807) is 23.6 Å². The van der Waals surface area contributed by atoms with Crippen molar-refractivity contribution in [3.8, 4) is 0 Å². The summed E-state index contributed by atoms with van der Waals surface area (Å²) in [5.41, 5.74) is 2.28. The Bertz CT molecular complexity index is 966. The lowest BCUT2D eigenvalue weighted by atomic mass is 10.1. The van der Waals surface area contributed by atoms with Crippen LogP contribution in [0.15, 0.2) is 52.3 Å². The van der Waals surface area contributed by atoms with E-state index in [0.29, 0.717) is 18.7 Å². The number of carbonyl (C=O) groups is 2. The molecule has 4 rings (SSSR count). The predicted octanol–water partition coefficient (Wildman–Crippen LogP) is 4.44. The van der Waals surface area contributed by atoms with Gasteiger partial charge in [-0.05, 0) is 44.3 Å². The fraction of sp³-hybridized carbons (Fsp3) is 0.391. The zero-order valence-corrected chi connectivity index (χ0v) is 20.0. The van der Waals surface area contributed by atoms with Gasteiger partial charge >= 0.3 is 6.09 Å². The van der Waals surface area contributed by atoms with Gasteiger partial charge in [0, 0.05) is 54.6 Å². The predicted molar refractivity (Wildman–Crippen MR) is 131 cm³/mol. The van der Waals surface area contributed by atoms with Crippen molar-refractivity contribution in [2.75, 3.05) is 56.6 Å². The smallest absolute Gasteiger partial charge is 0.411 e. The lowest BCUT2D eigenvalue weighted by Gasteiger charge is -2.34. The summed E-state index contributed by atoms with van der Waals surface area (Å²) in [6.45, 7) is 6.85. The summed E-state index contributed by atoms with van der Waals surface area (Å²) in [7, 11) is 2.13. The molecule has 2 aromatic rings. The van der Waals surface area contributed by atoms with Crippen molar-refractivity contribution in [2.45, 2.75) is 23.1 Å². The molecule has 2 aliphatic heterocycles. The van der Waals surface area contributed by atoms with Gasteiger partial charge in [-0.3, -0.25) is 15.0 Å². The Hall–Kier alpha value is -2.26. The van der Waals surface area contributed by atoms with Gasteiger partial charge in [-0.25, -0.2) is 4.79 Å². The first-order chi connectivity index (χ1) is 15.0. The zero-order valence-electron chi connectivity index (χ0n) is 18.4. The molecule has 0 aliphatic carbocycles. The second kappa shape index (κ2) is 11.0. The van der Waals surface area contributed by atoms with Crippen molar-refractivity contribution in [2.24, 2.45) is 0 Å². The number of piperazine rings is 1. The highest BCUT2D eigenvalue weighted by atomic mass is 35.5. The highest BCUT2D eigenvalue weighted by Crippen LogP contribution is 2.49. The lowest BCUT2D eigenvalue weighted by molar-refractivity contribution is -0.118. The summed E-state index contributed by atoms with van der Waals surface area (Å²) >= 11 is 1.63. The maximum Gasteiger partial charge on any atom is 0.411 e. The number of amides is 2. The Balaban J connectivity index is 0.00000289. The van der Waals surface area contributed by atoms with E-state index in [4.69, 9.17) is 4.74 Å². The van der Waals surface area contributed by atoms with Crippen LogP contribution in [0.4, 0.5) is 21.9 Å². The minimum Gasteiger partial charge on any atom is -0.450 e. The van der Waals surface area contributed by atoms with E-state index in [1.807, 2.05) is 42.5 Å². The zero-order chi connectivity index (χ0) is 21.8. The fourth-order valence-corrected chi connectivity index (χ4v) is 4.86. The number of likely N-dealkylation sites (N-methyl/N-ethyl adjacent to an activating group) is 1. The number of hydrogen-bond acceptors (Lipinski definition) is 6. The van der Waals surface area contributed by atoms with E-state index in [2.05, 4.69) is 22.2 Å². The number of nitrogens with one attached hydrogen (secondary N) is 1. The number of para-hydroxylation sites is 1. The molecule has 1 N–H and O–H groups in total. The van der Waals surface area contributed by atoms with Gasteiger partial charge in [0.2, 0.25) is 5.91 Å². The lowest BCUT2D eigenvalue weighted by Crippen LogP contribution is -2.45. The minimum absolute atomic E-state index is 0. The van der Waals surface area contributed by atoms with Gasteiger partial charge in [-0.15, -0.1) is 12.4 Å². The van der Waals surface area contributed by atoms with Crippen molar-refractivity contribution in [3.05, 3.63) is 42.5 Å². The first-order valence-corrected chi connectivity index (χ1v) is 11.5. The molecule has 0 atom stereocenters. The SMILES string of the molecule is CCOC(=O)Nc1ccc2c(c1)N(C(=O)CCN1CCN(C)CC1)c1ccccc1S2.Cl. The first kappa shape index (κ1) is 24.4. The Labute approximate surface area is 199 Å². The Morgan fingerprint density at radius 3 is 2.50 bits per heavy atom.